The van der Waals surface area contributed by atoms with Gasteiger partial charge in [0.15, 0.2) is 0 Å². The Bertz CT molecular complexity index is 632. The van der Waals surface area contributed by atoms with E-state index in [-0.39, 0.29) is 0 Å². The van der Waals surface area contributed by atoms with E-state index in [0.29, 0.717) is 0 Å². The van der Waals surface area contributed by atoms with Crippen LogP contribution in [0, 0.1) is 0 Å². The first-order valence-corrected chi connectivity index (χ1v) is 9.26. The Hall–Kier alpha value is -2.54. The van der Waals surface area contributed by atoms with Gasteiger partial charge < -0.3 is 4.90 Å². The van der Waals surface area contributed by atoms with Gasteiger partial charge in [0.05, 0.1) is 0 Å². The number of para-hydroxylation sites is 2. The minimum atomic E-state index is 1.05. The molecular weight excluding hydrogens is 302 g/mol. The predicted octanol–water partition coefficient (Wildman–Crippen LogP) is 7.10. The molecule has 0 N–H and O–H groups in total. The Kier molecular flexibility index (Phi) is 9.77. The minimum Gasteiger partial charge on any atom is -0.344 e. The smallest absolute Gasteiger partial charge is 0.0444 e. The summed E-state index contributed by atoms with van der Waals surface area (Å²) in [6.45, 7) is 8.00. The lowest BCUT2D eigenvalue weighted by Gasteiger charge is -2.29. The molecule has 25 heavy (non-hydrogen) atoms. The van der Waals surface area contributed by atoms with Crippen molar-refractivity contribution in [1.29, 1.82) is 0 Å². The second-order valence-electron chi connectivity index (χ2n) is 5.15. The fraction of sp³-hybridized carbons (Fsp3) is 0.250. The molecule has 3 aromatic rings. The van der Waals surface area contributed by atoms with E-state index in [4.69, 9.17) is 0 Å². The zero-order valence-corrected chi connectivity index (χ0v) is 16.2. The molecule has 1 aliphatic heterocycles. The lowest BCUT2D eigenvalue weighted by molar-refractivity contribution is 1.06. The SMILES string of the molecule is CC.CC.CN1c2ccccc2Cc2ccccc21.c1ccccc1. The second kappa shape index (κ2) is 11.9. The quantitative estimate of drug-likeness (QED) is 0.424. The molecule has 1 heteroatoms. The Morgan fingerprint density at radius 3 is 1.20 bits per heavy atom. The van der Waals surface area contributed by atoms with Crippen molar-refractivity contribution in [3.63, 3.8) is 0 Å². The third-order valence-electron chi connectivity index (χ3n) is 3.75. The van der Waals surface area contributed by atoms with Gasteiger partial charge in [-0.15, -0.1) is 0 Å². The summed E-state index contributed by atoms with van der Waals surface area (Å²) in [4.78, 5) is 2.27. The van der Waals surface area contributed by atoms with Crippen LogP contribution in [-0.4, -0.2) is 7.05 Å². The summed E-state index contributed by atoms with van der Waals surface area (Å²) in [6, 6.07) is 29.2. The van der Waals surface area contributed by atoms with E-state index in [1.165, 1.54) is 22.5 Å². The van der Waals surface area contributed by atoms with Crippen LogP contribution in [-0.2, 0) is 6.42 Å². The maximum Gasteiger partial charge on any atom is 0.0444 e. The van der Waals surface area contributed by atoms with Crippen LogP contribution in [0.5, 0.6) is 0 Å². The van der Waals surface area contributed by atoms with Crippen molar-refractivity contribution in [2.75, 3.05) is 11.9 Å². The summed E-state index contributed by atoms with van der Waals surface area (Å²) in [5.74, 6) is 0. The zero-order chi connectivity index (χ0) is 18.5. The van der Waals surface area contributed by atoms with Crippen molar-refractivity contribution in [3.8, 4) is 0 Å². The van der Waals surface area contributed by atoms with Crippen LogP contribution in [0.2, 0.25) is 0 Å². The summed E-state index contributed by atoms with van der Waals surface area (Å²) in [7, 11) is 2.14. The molecule has 0 amide bonds. The molecule has 3 aromatic carbocycles. The molecular formula is C24H31N. The number of rotatable bonds is 0. The average molecular weight is 334 g/mol. The van der Waals surface area contributed by atoms with Crippen molar-refractivity contribution in [2.24, 2.45) is 0 Å². The summed E-state index contributed by atoms with van der Waals surface area (Å²) in [5.41, 5.74) is 5.49. The molecule has 0 radical (unpaired) electrons. The molecule has 0 fully saturated rings. The fourth-order valence-corrected chi connectivity index (χ4v) is 2.69. The number of anilines is 2. The summed E-state index contributed by atoms with van der Waals surface area (Å²) in [5, 5.41) is 0. The molecule has 4 rings (SSSR count). The topological polar surface area (TPSA) is 3.24 Å². The first-order chi connectivity index (χ1) is 12.4. The first-order valence-electron chi connectivity index (χ1n) is 9.26. The third-order valence-corrected chi connectivity index (χ3v) is 3.75. The van der Waals surface area contributed by atoms with Crippen LogP contribution < -0.4 is 4.90 Å². The van der Waals surface area contributed by atoms with Gasteiger partial charge in [0.2, 0.25) is 0 Å². The predicted molar refractivity (Wildman–Crippen MR) is 113 cm³/mol. The van der Waals surface area contributed by atoms with E-state index in [0.717, 1.165) is 6.42 Å². The lowest BCUT2D eigenvalue weighted by Crippen LogP contribution is -2.18. The maximum atomic E-state index is 2.27. The largest absolute Gasteiger partial charge is 0.344 e. The van der Waals surface area contributed by atoms with Gasteiger partial charge in [0.1, 0.15) is 0 Å². The van der Waals surface area contributed by atoms with Crippen LogP contribution in [0.15, 0.2) is 84.9 Å². The van der Waals surface area contributed by atoms with Gasteiger partial charge in [-0.25, -0.2) is 0 Å². The molecule has 0 unspecified atom stereocenters. The van der Waals surface area contributed by atoms with Gasteiger partial charge in [-0.3, -0.25) is 0 Å². The van der Waals surface area contributed by atoms with Crippen molar-refractivity contribution in [3.05, 3.63) is 96.1 Å². The Morgan fingerprint density at radius 2 is 0.840 bits per heavy atom. The van der Waals surface area contributed by atoms with E-state index >= 15 is 0 Å². The molecule has 1 aliphatic rings. The summed E-state index contributed by atoms with van der Waals surface area (Å²) < 4.78 is 0. The maximum absolute atomic E-state index is 2.27. The van der Waals surface area contributed by atoms with Crippen LogP contribution in [0.4, 0.5) is 11.4 Å². The van der Waals surface area contributed by atoms with Crippen LogP contribution in [0.3, 0.4) is 0 Å². The van der Waals surface area contributed by atoms with Crippen molar-refractivity contribution in [1.82, 2.24) is 0 Å². The van der Waals surface area contributed by atoms with Crippen molar-refractivity contribution < 1.29 is 0 Å². The number of hydrogen-bond acceptors (Lipinski definition) is 1. The highest BCUT2D eigenvalue weighted by Crippen LogP contribution is 2.36. The van der Waals surface area contributed by atoms with E-state index in [9.17, 15) is 0 Å². The Balaban J connectivity index is 0.000000263. The number of fused-ring (bicyclic) bond motifs is 2. The lowest BCUT2D eigenvalue weighted by atomic mass is 9.96. The monoisotopic (exact) mass is 333 g/mol. The highest BCUT2D eigenvalue weighted by molar-refractivity contribution is 5.73. The highest BCUT2D eigenvalue weighted by atomic mass is 15.1. The highest BCUT2D eigenvalue weighted by Gasteiger charge is 2.17. The fourth-order valence-electron chi connectivity index (χ4n) is 2.69. The molecule has 0 aliphatic carbocycles. The minimum absolute atomic E-state index is 1.05. The van der Waals surface area contributed by atoms with Gasteiger partial charge in [0, 0.05) is 24.8 Å². The summed E-state index contributed by atoms with van der Waals surface area (Å²) in [6.07, 6.45) is 1.05. The molecule has 1 heterocycles. The molecule has 0 spiro atoms. The van der Waals surface area contributed by atoms with Gasteiger partial charge >= 0.3 is 0 Å². The number of hydrogen-bond donors (Lipinski definition) is 0. The molecule has 0 aromatic heterocycles. The van der Waals surface area contributed by atoms with Crippen molar-refractivity contribution >= 4 is 11.4 Å². The van der Waals surface area contributed by atoms with E-state index < -0.39 is 0 Å². The molecule has 0 bridgehead atoms. The van der Waals surface area contributed by atoms with Crippen LogP contribution >= 0.6 is 0 Å². The molecule has 132 valence electrons. The standard InChI is InChI=1S/C14H13N.C6H6.2C2H6/c1-15-13-8-4-2-6-11(13)10-12-7-3-5-9-14(12)15;1-2-4-6-5-3-1;2*1-2/h2-9H,10H2,1H3;1-6H;2*1-2H3. The zero-order valence-electron chi connectivity index (χ0n) is 16.2. The van der Waals surface area contributed by atoms with Gasteiger partial charge in [-0.1, -0.05) is 100 Å². The van der Waals surface area contributed by atoms with E-state index in [1.54, 1.807) is 0 Å². The van der Waals surface area contributed by atoms with E-state index in [1.807, 2.05) is 64.1 Å². The summed E-state index contributed by atoms with van der Waals surface area (Å²) >= 11 is 0. The van der Waals surface area contributed by atoms with E-state index in [2.05, 4.69) is 60.5 Å². The molecule has 0 saturated heterocycles. The number of nitrogens with zero attached hydrogens (tertiary/aromatic N) is 1. The van der Waals surface area contributed by atoms with Crippen LogP contribution in [0.1, 0.15) is 38.8 Å². The van der Waals surface area contributed by atoms with Gasteiger partial charge in [-0.05, 0) is 23.3 Å². The number of benzene rings is 3. The molecule has 0 saturated carbocycles. The third kappa shape index (κ3) is 5.79. The van der Waals surface area contributed by atoms with Crippen molar-refractivity contribution in [2.45, 2.75) is 34.1 Å². The van der Waals surface area contributed by atoms with Crippen LogP contribution in [0.25, 0.3) is 0 Å². The van der Waals surface area contributed by atoms with Gasteiger partial charge in [-0.2, -0.15) is 0 Å². The van der Waals surface area contributed by atoms with Gasteiger partial charge in [0.25, 0.3) is 0 Å². The molecule has 1 nitrogen and oxygen atoms in total. The average Bonchev–Trinajstić information content (AvgIpc) is 2.73. The Morgan fingerprint density at radius 1 is 0.520 bits per heavy atom. The molecule has 0 atom stereocenters. The first kappa shape index (κ1) is 20.5. The Labute approximate surface area is 154 Å². The second-order valence-corrected chi connectivity index (χ2v) is 5.15. The normalized spacial score (nSPS) is 10.4.